The number of fused-ring (bicyclic) bond motifs is 1. The van der Waals surface area contributed by atoms with Crippen molar-refractivity contribution in [2.75, 3.05) is 38.2 Å². The molecule has 1 aliphatic heterocycles. The maximum atomic E-state index is 13.0. The van der Waals surface area contributed by atoms with Crippen LogP contribution in [0.5, 0.6) is 5.75 Å². The molecule has 0 radical (unpaired) electrons. The molecule has 1 N–H and O–H groups in total. The number of ether oxygens (including phenoxy) is 1. The number of aromatic amines is 1. The number of aryl methyl sites for hydroxylation is 1. The number of carbonyl (C=O) groups excluding carboxylic acids is 1. The largest absolute Gasteiger partial charge is 0.495 e. The Balaban J connectivity index is 1.53. The van der Waals surface area contributed by atoms with Gasteiger partial charge in [0.15, 0.2) is 0 Å². The number of thiophene rings is 1. The van der Waals surface area contributed by atoms with Crippen molar-refractivity contribution in [3.05, 3.63) is 51.4 Å². The first kappa shape index (κ1) is 17.5. The minimum atomic E-state index is -0.200. The van der Waals surface area contributed by atoms with Crippen molar-refractivity contribution >= 4 is 33.1 Å². The predicted molar refractivity (Wildman–Crippen MR) is 106 cm³/mol. The van der Waals surface area contributed by atoms with Crippen LogP contribution in [0.3, 0.4) is 0 Å². The minimum Gasteiger partial charge on any atom is -0.495 e. The first-order valence-corrected chi connectivity index (χ1v) is 9.56. The molecule has 3 heterocycles. The Kier molecular flexibility index (Phi) is 4.57. The molecule has 1 amide bonds. The molecule has 0 unspecified atom stereocenters. The molecule has 2 aromatic heterocycles. The second-order valence-corrected chi connectivity index (χ2v) is 7.42. The monoisotopic (exact) mass is 384 g/mol. The highest BCUT2D eigenvalue weighted by Crippen LogP contribution is 2.30. The van der Waals surface area contributed by atoms with Crippen molar-refractivity contribution in [1.29, 1.82) is 0 Å². The molecule has 0 atom stereocenters. The van der Waals surface area contributed by atoms with E-state index in [1.54, 1.807) is 7.11 Å². The van der Waals surface area contributed by atoms with Crippen molar-refractivity contribution in [2.24, 2.45) is 0 Å². The average molecular weight is 384 g/mol. The van der Waals surface area contributed by atoms with E-state index in [1.807, 2.05) is 36.1 Å². The molecule has 4 rings (SSSR count). The number of piperazine rings is 1. The number of hydrogen-bond acceptors (Lipinski definition) is 6. The first-order valence-electron chi connectivity index (χ1n) is 8.74. The topological polar surface area (TPSA) is 78.5 Å². The summed E-state index contributed by atoms with van der Waals surface area (Å²) >= 11 is 1.29. The van der Waals surface area contributed by atoms with Gasteiger partial charge in [0, 0.05) is 26.2 Å². The third-order valence-electron chi connectivity index (χ3n) is 4.92. The molecule has 0 aliphatic carbocycles. The van der Waals surface area contributed by atoms with Crippen LogP contribution >= 0.6 is 11.3 Å². The summed E-state index contributed by atoms with van der Waals surface area (Å²) < 4.78 is 5.44. The van der Waals surface area contributed by atoms with Crippen molar-refractivity contribution < 1.29 is 9.53 Å². The number of hydrogen-bond donors (Lipinski definition) is 1. The number of anilines is 1. The maximum absolute atomic E-state index is 13.0. The van der Waals surface area contributed by atoms with Gasteiger partial charge in [0.2, 0.25) is 0 Å². The molecule has 1 aliphatic rings. The van der Waals surface area contributed by atoms with Gasteiger partial charge in [-0.1, -0.05) is 12.1 Å². The smallest absolute Gasteiger partial charge is 0.264 e. The predicted octanol–water partition coefficient (Wildman–Crippen LogP) is 2.26. The summed E-state index contributed by atoms with van der Waals surface area (Å²) in [5.74, 6) is 0.803. The molecular weight excluding hydrogens is 364 g/mol. The fourth-order valence-electron chi connectivity index (χ4n) is 3.47. The lowest BCUT2D eigenvalue weighted by Crippen LogP contribution is -2.48. The zero-order valence-corrected chi connectivity index (χ0v) is 16.0. The highest BCUT2D eigenvalue weighted by molar-refractivity contribution is 7.20. The molecular formula is C19H20N4O3S. The van der Waals surface area contributed by atoms with Crippen LogP contribution < -0.4 is 15.2 Å². The van der Waals surface area contributed by atoms with Crippen LogP contribution in [0.2, 0.25) is 0 Å². The number of benzene rings is 1. The summed E-state index contributed by atoms with van der Waals surface area (Å²) in [4.78, 5) is 37.1. The van der Waals surface area contributed by atoms with Crippen molar-refractivity contribution in [3.63, 3.8) is 0 Å². The number of para-hydroxylation sites is 2. The van der Waals surface area contributed by atoms with Crippen molar-refractivity contribution in [2.45, 2.75) is 6.92 Å². The second-order valence-electron chi connectivity index (χ2n) is 6.42. The van der Waals surface area contributed by atoms with Crippen LogP contribution in [0.1, 0.15) is 15.2 Å². The molecule has 0 saturated carbocycles. The van der Waals surface area contributed by atoms with Crippen LogP contribution in [-0.2, 0) is 0 Å². The highest BCUT2D eigenvalue weighted by Gasteiger charge is 2.27. The standard InChI is InChI=1S/C19H20N4O3S/c1-12-15-17(24)20-11-21-18(15)27-16(12)19(25)23-9-7-22(8-10-23)13-5-3-4-6-14(13)26-2/h3-6,11H,7-10H2,1-2H3,(H,20,21,24). The number of rotatable bonds is 3. The number of aromatic nitrogens is 2. The molecule has 140 valence electrons. The molecule has 0 spiro atoms. The van der Waals surface area contributed by atoms with E-state index in [0.29, 0.717) is 33.7 Å². The van der Waals surface area contributed by atoms with E-state index in [9.17, 15) is 9.59 Å². The Morgan fingerprint density at radius 2 is 1.96 bits per heavy atom. The Hall–Kier alpha value is -2.87. The summed E-state index contributed by atoms with van der Waals surface area (Å²) in [6.07, 6.45) is 1.38. The molecule has 27 heavy (non-hydrogen) atoms. The van der Waals surface area contributed by atoms with E-state index < -0.39 is 0 Å². The number of carbonyl (C=O) groups is 1. The fraction of sp³-hybridized carbons (Fsp3) is 0.316. The number of nitrogens with one attached hydrogen (secondary N) is 1. The maximum Gasteiger partial charge on any atom is 0.264 e. The highest BCUT2D eigenvalue weighted by atomic mass is 32.1. The van der Waals surface area contributed by atoms with Crippen molar-refractivity contribution in [3.8, 4) is 5.75 Å². The third kappa shape index (κ3) is 3.06. The molecule has 3 aromatic rings. The lowest BCUT2D eigenvalue weighted by Gasteiger charge is -2.36. The molecule has 8 heteroatoms. The quantitative estimate of drug-likeness (QED) is 0.749. The van der Waals surface area contributed by atoms with Gasteiger partial charge in [0.1, 0.15) is 10.6 Å². The van der Waals surface area contributed by atoms with Gasteiger partial charge in [-0.25, -0.2) is 4.98 Å². The van der Waals surface area contributed by atoms with E-state index in [4.69, 9.17) is 4.74 Å². The van der Waals surface area contributed by atoms with Gasteiger partial charge >= 0.3 is 0 Å². The zero-order chi connectivity index (χ0) is 19.0. The summed E-state index contributed by atoms with van der Waals surface area (Å²) in [5, 5.41) is 0.513. The summed E-state index contributed by atoms with van der Waals surface area (Å²) in [6.45, 7) is 4.51. The number of methoxy groups -OCH3 is 1. The van der Waals surface area contributed by atoms with Gasteiger partial charge in [0.05, 0.1) is 29.4 Å². The first-order chi connectivity index (χ1) is 13.1. The SMILES string of the molecule is COc1ccccc1N1CCN(C(=O)c2sc3nc[nH]c(=O)c3c2C)CC1. The number of H-pyrrole nitrogens is 1. The summed E-state index contributed by atoms with van der Waals surface area (Å²) in [5.41, 5.74) is 1.55. The molecule has 1 saturated heterocycles. The van der Waals surface area contributed by atoms with Crippen molar-refractivity contribution in [1.82, 2.24) is 14.9 Å². The van der Waals surface area contributed by atoms with Gasteiger partial charge < -0.3 is 19.5 Å². The normalized spacial score (nSPS) is 14.6. The Morgan fingerprint density at radius 1 is 1.22 bits per heavy atom. The fourth-order valence-corrected chi connectivity index (χ4v) is 4.59. The van der Waals surface area contributed by atoms with Crippen LogP contribution in [0, 0.1) is 6.92 Å². The van der Waals surface area contributed by atoms with Gasteiger partial charge in [-0.3, -0.25) is 9.59 Å². The van der Waals surface area contributed by atoms with E-state index in [0.717, 1.165) is 24.5 Å². The Morgan fingerprint density at radius 3 is 2.67 bits per heavy atom. The average Bonchev–Trinajstić information content (AvgIpc) is 3.05. The van der Waals surface area contributed by atoms with Crippen LogP contribution in [0.15, 0.2) is 35.4 Å². The van der Waals surface area contributed by atoms with E-state index in [-0.39, 0.29) is 11.5 Å². The number of amides is 1. The minimum absolute atomic E-state index is 0.0328. The van der Waals surface area contributed by atoms with Crippen LogP contribution in [0.25, 0.3) is 10.2 Å². The molecule has 0 bridgehead atoms. The van der Waals surface area contributed by atoms with E-state index in [1.165, 1.54) is 17.7 Å². The van der Waals surface area contributed by atoms with E-state index >= 15 is 0 Å². The zero-order valence-electron chi connectivity index (χ0n) is 15.2. The van der Waals surface area contributed by atoms with Gasteiger partial charge in [-0.15, -0.1) is 11.3 Å². The lowest BCUT2D eigenvalue weighted by molar-refractivity contribution is 0.0751. The Labute approximate surface area is 160 Å². The molecule has 1 aromatic carbocycles. The van der Waals surface area contributed by atoms with Gasteiger partial charge in [-0.05, 0) is 24.6 Å². The number of nitrogens with zero attached hydrogens (tertiary/aromatic N) is 3. The second kappa shape index (κ2) is 7.03. The van der Waals surface area contributed by atoms with Gasteiger partial charge in [-0.2, -0.15) is 0 Å². The lowest BCUT2D eigenvalue weighted by atomic mass is 10.2. The Bertz CT molecular complexity index is 1050. The van der Waals surface area contributed by atoms with Gasteiger partial charge in [0.25, 0.3) is 11.5 Å². The van der Waals surface area contributed by atoms with Crippen LogP contribution in [-0.4, -0.2) is 54.1 Å². The van der Waals surface area contributed by atoms with Crippen LogP contribution in [0.4, 0.5) is 5.69 Å². The molecule has 1 fully saturated rings. The summed E-state index contributed by atoms with van der Waals surface area (Å²) in [7, 11) is 1.67. The molecule has 7 nitrogen and oxygen atoms in total. The third-order valence-corrected chi connectivity index (χ3v) is 6.11. The van der Waals surface area contributed by atoms with E-state index in [2.05, 4.69) is 14.9 Å². The summed E-state index contributed by atoms with van der Waals surface area (Å²) in [6, 6.07) is 7.91.